The molecule has 1 amide bonds. The summed E-state index contributed by atoms with van der Waals surface area (Å²) in [4.78, 5) is 23.9. The molecular formula is C14H20N2O3. The number of likely N-dealkylation sites (N-methyl/N-ethyl adjacent to an activating group) is 1. The lowest BCUT2D eigenvalue weighted by molar-refractivity contribution is -0.148. The quantitative estimate of drug-likeness (QED) is 0.813. The fraction of sp³-hybridized carbons (Fsp3) is 0.429. The first-order valence-corrected chi connectivity index (χ1v) is 6.22. The third-order valence-corrected chi connectivity index (χ3v) is 3.23. The van der Waals surface area contributed by atoms with Crippen LogP contribution in [0.15, 0.2) is 30.3 Å². The van der Waals surface area contributed by atoms with Crippen molar-refractivity contribution in [2.75, 3.05) is 7.05 Å². The van der Waals surface area contributed by atoms with Crippen LogP contribution in [0.2, 0.25) is 0 Å². The van der Waals surface area contributed by atoms with Gasteiger partial charge in [0.1, 0.15) is 6.04 Å². The Balaban J connectivity index is 2.48. The summed E-state index contributed by atoms with van der Waals surface area (Å²) in [5.41, 5.74) is 6.97. The van der Waals surface area contributed by atoms with Crippen LogP contribution in [-0.4, -0.2) is 35.0 Å². The SMILES string of the molecule is CC(C(=O)O)N(C)C(=O)CCC(N)c1ccccc1. The number of nitrogens with zero attached hydrogens (tertiary/aromatic N) is 1. The maximum Gasteiger partial charge on any atom is 0.326 e. The number of hydrogen-bond donors (Lipinski definition) is 2. The van der Waals surface area contributed by atoms with Gasteiger partial charge in [-0.3, -0.25) is 4.79 Å². The number of hydrogen-bond acceptors (Lipinski definition) is 3. The van der Waals surface area contributed by atoms with Crippen molar-refractivity contribution in [1.29, 1.82) is 0 Å². The van der Waals surface area contributed by atoms with Crippen molar-refractivity contribution in [3.8, 4) is 0 Å². The summed E-state index contributed by atoms with van der Waals surface area (Å²) in [5, 5.41) is 8.84. The molecule has 2 atom stereocenters. The summed E-state index contributed by atoms with van der Waals surface area (Å²) in [6.07, 6.45) is 0.740. The molecule has 0 spiro atoms. The average Bonchev–Trinajstić information content (AvgIpc) is 2.43. The zero-order valence-electron chi connectivity index (χ0n) is 11.2. The lowest BCUT2D eigenvalue weighted by atomic mass is 10.0. The molecule has 3 N–H and O–H groups in total. The predicted molar refractivity (Wildman–Crippen MR) is 72.5 cm³/mol. The van der Waals surface area contributed by atoms with Crippen molar-refractivity contribution in [3.63, 3.8) is 0 Å². The summed E-state index contributed by atoms with van der Waals surface area (Å²) in [5.74, 6) is -1.22. The normalized spacial score (nSPS) is 13.6. The van der Waals surface area contributed by atoms with E-state index in [-0.39, 0.29) is 18.4 Å². The Kier molecular flexibility index (Phi) is 5.51. The number of carboxylic acid groups (broad SMARTS) is 1. The number of carbonyl (C=O) groups is 2. The van der Waals surface area contributed by atoms with Crippen LogP contribution in [-0.2, 0) is 9.59 Å². The minimum Gasteiger partial charge on any atom is -0.480 e. The Morgan fingerprint density at radius 1 is 1.32 bits per heavy atom. The topological polar surface area (TPSA) is 83.6 Å². The van der Waals surface area contributed by atoms with E-state index < -0.39 is 12.0 Å². The molecule has 104 valence electrons. The van der Waals surface area contributed by atoms with Crippen molar-refractivity contribution in [2.45, 2.75) is 31.8 Å². The summed E-state index contributed by atoms with van der Waals surface area (Å²) in [7, 11) is 1.50. The van der Waals surface area contributed by atoms with E-state index in [1.54, 1.807) is 0 Å². The molecular weight excluding hydrogens is 244 g/mol. The second kappa shape index (κ2) is 6.89. The molecule has 0 aliphatic heterocycles. The minimum absolute atomic E-state index is 0.207. The molecule has 1 aromatic carbocycles. The second-order valence-electron chi connectivity index (χ2n) is 4.57. The van der Waals surface area contributed by atoms with Gasteiger partial charge in [-0.1, -0.05) is 30.3 Å². The van der Waals surface area contributed by atoms with E-state index in [9.17, 15) is 9.59 Å². The number of nitrogens with two attached hydrogens (primary N) is 1. The Morgan fingerprint density at radius 3 is 2.42 bits per heavy atom. The molecule has 0 fully saturated rings. The number of rotatable bonds is 6. The van der Waals surface area contributed by atoms with Crippen molar-refractivity contribution in [1.82, 2.24) is 4.90 Å². The molecule has 0 aromatic heterocycles. The molecule has 0 aliphatic rings. The molecule has 5 nitrogen and oxygen atoms in total. The fourth-order valence-corrected chi connectivity index (χ4v) is 1.70. The van der Waals surface area contributed by atoms with Gasteiger partial charge in [-0.05, 0) is 18.9 Å². The second-order valence-corrected chi connectivity index (χ2v) is 4.57. The van der Waals surface area contributed by atoms with Gasteiger partial charge in [0.05, 0.1) is 0 Å². The van der Waals surface area contributed by atoms with E-state index in [1.165, 1.54) is 18.9 Å². The summed E-state index contributed by atoms with van der Waals surface area (Å²) in [6, 6.07) is 8.51. The molecule has 0 aliphatic carbocycles. The van der Waals surface area contributed by atoms with Gasteiger partial charge in [-0.15, -0.1) is 0 Å². The lowest BCUT2D eigenvalue weighted by Gasteiger charge is -2.22. The van der Waals surface area contributed by atoms with Crippen LogP contribution in [0.3, 0.4) is 0 Å². The molecule has 1 aromatic rings. The van der Waals surface area contributed by atoms with Gasteiger partial charge in [0.2, 0.25) is 5.91 Å². The van der Waals surface area contributed by atoms with E-state index in [0.29, 0.717) is 6.42 Å². The Bertz CT molecular complexity index is 434. The third kappa shape index (κ3) is 4.37. The van der Waals surface area contributed by atoms with Crippen molar-refractivity contribution < 1.29 is 14.7 Å². The zero-order valence-corrected chi connectivity index (χ0v) is 11.2. The number of carboxylic acids is 1. The van der Waals surface area contributed by atoms with E-state index in [4.69, 9.17) is 10.8 Å². The summed E-state index contributed by atoms with van der Waals surface area (Å²) in [6.45, 7) is 1.48. The van der Waals surface area contributed by atoms with Crippen LogP contribution in [0, 0.1) is 0 Å². The van der Waals surface area contributed by atoms with E-state index >= 15 is 0 Å². The van der Waals surface area contributed by atoms with Crippen LogP contribution in [0.5, 0.6) is 0 Å². The molecule has 2 unspecified atom stereocenters. The van der Waals surface area contributed by atoms with E-state index in [2.05, 4.69) is 0 Å². The molecule has 0 saturated heterocycles. The first-order valence-electron chi connectivity index (χ1n) is 6.22. The van der Waals surface area contributed by atoms with Gasteiger partial charge in [-0.2, -0.15) is 0 Å². The highest BCUT2D eigenvalue weighted by Crippen LogP contribution is 2.16. The average molecular weight is 264 g/mol. The largest absolute Gasteiger partial charge is 0.480 e. The maximum atomic E-state index is 11.8. The standard InChI is InChI=1S/C14H20N2O3/c1-10(14(18)19)16(2)13(17)9-8-12(15)11-6-4-3-5-7-11/h3-7,10,12H,8-9,15H2,1-2H3,(H,18,19). The van der Waals surface area contributed by atoms with Crippen molar-refractivity contribution in [2.24, 2.45) is 5.73 Å². The van der Waals surface area contributed by atoms with E-state index in [1.807, 2.05) is 30.3 Å². The fourth-order valence-electron chi connectivity index (χ4n) is 1.70. The van der Waals surface area contributed by atoms with Crippen LogP contribution in [0.25, 0.3) is 0 Å². The maximum absolute atomic E-state index is 11.8. The molecule has 0 saturated carbocycles. The highest BCUT2D eigenvalue weighted by atomic mass is 16.4. The van der Waals surface area contributed by atoms with Gasteiger partial charge >= 0.3 is 5.97 Å². The zero-order chi connectivity index (χ0) is 14.4. The number of carbonyl (C=O) groups excluding carboxylic acids is 1. The van der Waals surface area contributed by atoms with Gasteiger partial charge in [0.25, 0.3) is 0 Å². The van der Waals surface area contributed by atoms with Crippen LogP contribution in [0.1, 0.15) is 31.4 Å². The lowest BCUT2D eigenvalue weighted by Crippen LogP contribution is -2.40. The van der Waals surface area contributed by atoms with Crippen LogP contribution >= 0.6 is 0 Å². The Morgan fingerprint density at radius 2 is 1.89 bits per heavy atom. The highest BCUT2D eigenvalue weighted by Gasteiger charge is 2.21. The smallest absolute Gasteiger partial charge is 0.326 e. The highest BCUT2D eigenvalue weighted by molar-refractivity contribution is 5.83. The summed E-state index contributed by atoms with van der Waals surface area (Å²) < 4.78 is 0. The van der Waals surface area contributed by atoms with Gasteiger partial charge in [-0.25, -0.2) is 4.79 Å². The first kappa shape index (κ1) is 15.2. The first-order chi connectivity index (χ1) is 8.93. The number of aliphatic carboxylic acids is 1. The molecule has 5 heteroatoms. The van der Waals surface area contributed by atoms with Crippen molar-refractivity contribution in [3.05, 3.63) is 35.9 Å². The van der Waals surface area contributed by atoms with Gasteiger partial charge in [0.15, 0.2) is 0 Å². The molecule has 19 heavy (non-hydrogen) atoms. The van der Waals surface area contributed by atoms with Gasteiger partial charge < -0.3 is 15.7 Å². The monoisotopic (exact) mass is 264 g/mol. The molecule has 1 rings (SSSR count). The van der Waals surface area contributed by atoms with Crippen LogP contribution < -0.4 is 5.73 Å². The molecule has 0 radical (unpaired) electrons. The third-order valence-electron chi connectivity index (χ3n) is 3.23. The minimum atomic E-state index is -1.01. The van der Waals surface area contributed by atoms with Crippen LogP contribution in [0.4, 0.5) is 0 Å². The number of amides is 1. The van der Waals surface area contributed by atoms with E-state index in [0.717, 1.165) is 5.56 Å². The Hall–Kier alpha value is -1.88. The predicted octanol–water partition coefficient (Wildman–Crippen LogP) is 1.40. The number of benzene rings is 1. The summed E-state index contributed by atoms with van der Waals surface area (Å²) >= 11 is 0. The van der Waals surface area contributed by atoms with Gasteiger partial charge in [0, 0.05) is 19.5 Å². The molecule has 0 heterocycles. The molecule has 0 bridgehead atoms. The Labute approximate surface area is 113 Å². The van der Waals surface area contributed by atoms with Crippen molar-refractivity contribution >= 4 is 11.9 Å².